The molecular formula is C15H18N4O3. The second-order valence-electron chi connectivity index (χ2n) is 4.59. The quantitative estimate of drug-likeness (QED) is 0.658. The van der Waals surface area contributed by atoms with Crippen molar-refractivity contribution in [3.8, 4) is 5.75 Å². The second kappa shape index (κ2) is 6.75. The van der Waals surface area contributed by atoms with E-state index >= 15 is 0 Å². The van der Waals surface area contributed by atoms with E-state index in [4.69, 9.17) is 4.74 Å². The highest BCUT2D eigenvalue weighted by Gasteiger charge is 2.06. The Morgan fingerprint density at radius 1 is 1.32 bits per heavy atom. The molecule has 0 bridgehead atoms. The van der Waals surface area contributed by atoms with E-state index in [1.165, 1.54) is 13.1 Å². The van der Waals surface area contributed by atoms with E-state index in [1.54, 1.807) is 18.3 Å². The molecule has 7 heteroatoms. The number of aromatic amines is 1. The average Bonchev–Trinajstić information content (AvgIpc) is 2.53. The van der Waals surface area contributed by atoms with Crippen LogP contribution in [0, 0.1) is 0 Å². The molecule has 0 fully saturated rings. The molecule has 0 saturated carbocycles. The monoisotopic (exact) mass is 302 g/mol. The Labute approximate surface area is 127 Å². The molecule has 0 spiro atoms. The highest BCUT2D eigenvalue weighted by atomic mass is 16.5. The van der Waals surface area contributed by atoms with Crippen molar-refractivity contribution in [2.24, 2.45) is 12.1 Å². The summed E-state index contributed by atoms with van der Waals surface area (Å²) in [6, 6.07) is 8.73. The van der Waals surface area contributed by atoms with Crippen molar-refractivity contribution in [1.29, 1.82) is 0 Å². The molecule has 1 aromatic carbocycles. The van der Waals surface area contributed by atoms with Crippen LogP contribution >= 0.6 is 0 Å². The first-order chi connectivity index (χ1) is 10.5. The van der Waals surface area contributed by atoms with E-state index in [9.17, 15) is 9.59 Å². The van der Waals surface area contributed by atoms with Gasteiger partial charge >= 0.3 is 5.69 Å². The van der Waals surface area contributed by atoms with E-state index in [1.807, 2.05) is 31.2 Å². The number of hydrazone groups is 1. The van der Waals surface area contributed by atoms with Crippen LogP contribution in [0.4, 0.5) is 5.82 Å². The van der Waals surface area contributed by atoms with Gasteiger partial charge in [0.1, 0.15) is 11.6 Å². The third kappa shape index (κ3) is 3.43. The first-order valence-electron chi connectivity index (χ1n) is 6.81. The van der Waals surface area contributed by atoms with Gasteiger partial charge in [-0.2, -0.15) is 5.10 Å². The summed E-state index contributed by atoms with van der Waals surface area (Å²) in [7, 11) is 3.02. The number of nitrogens with zero attached hydrogens (tertiary/aromatic N) is 3. The second-order valence-corrected chi connectivity index (χ2v) is 4.59. The highest BCUT2D eigenvalue weighted by molar-refractivity contribution is 5.80. The number of aromatic nitrogens is 2. The van der Waals surface area contributed by atoms with Crippen LogP contribution in [0.2, 0.25) is 0 Å². The third-order valence-corrected chi connectivity index (χ3v) is 3.17. The number of benzene rings is 1. The molecule has 1 aromatic heterocycles. The van der Waals surface area contributed by atoms with Crippen LogP contribution in [0.3, 0.4) is 0 Å². The average molecular weight is 302 g/mol. The van der Waals surface area contributed by atoms with Gasteiger partial charge in [0, 0.05) is 19.7 Å². The Morgan fingerprint density at radius 3 is 2.55 bits per heavy atom. The third-order valence-electron chi connectivity index (χ3n) is 3.17. The SMILES string of the molecule is CCN(/N=C/c1ccc(OC)cc1)c1cc(=O)n(C)c(=O)[nH]1. The zero-order chi connectivity index (χ0) is 16.1. The summed E-state index contributed by atoms with van der Waals surface area (Å²) in [5.74, 6) is 1.13. The lowest BCUT2D eigenvalue weighted by Crippen LogP contribution is -2.34. The van der Waals surface area contributed by atoms with Crippen molar-refractivity contribution in [3.63, 3.8) is 0 Å². The van der Waals surface area contributed by atoms with E-state index < -0.39 is 5.69 Å². The van der Waals surface area contributed by atoms with E-state index in [2.05, 4.69) is 10.1 Å². The van der Waals surface area contributed by atoms with Crippen molar-refractivity contribution < 1.29 is 4.74 Å². The Bertz CT molecular complexity index is 743. The largest absolute Gasteiger partial charge is 0.497 e. The molecule has 0 aliphatic heterocycles. The predicted octanol–water partition coefficient (Wildman–Crippen LogP) is 0.943. The smallest absolute Gasteiger partial charge is 0.329 e. The molecule has 116 valence electrons. The fraction of sp³-hybridized carbons (Fsp3) is 0.267. The van der Waals surface area contributed by atoms with Crippen LogP contribution < -0.4 is 21.0 Å². The minimum atomic E-state index is -0.472. The van der Waals surface area contributed by atoms with Gasteiger partial charge in [-0.15, -0.1) is 0 Å². The van der Waals surface area contributed by atoms with Gasteiger partial charge in [-0.05, 0) is 36.8 Å². The standard InChI is InChI=1S/C15H18N4O3/c1-4-19(13-9-14(20)18(2)15(21)17-13)16-10-11-5-7-12(22-3)8-6-11/h5-10H,4H2,1-3H3,(H,17,21)/b16-10+. The fourth-order valence-electron chi connectivity index (χ4n) is 1.82. The lowest BCUT2D eigenvalue weighted by molar-refractivity contribution is 0.415. The van der Waals surface area contributed by atoms with Crippen LogP contribution in [0.1, 0.15) is 12.5 Å². The number of anilines is 1. The summed E-state index contributed by atoms with van der Waals surface area (Å²) in [4.78, 5) is 25.9. The maximum Gasteiger partial charge on any atom is 0.329 e. The van der Waals surface area contributed by atoms with Crippen molar-refractivity contribution in [1.82, 2.24) is 9.55 Å². The zero-order valence-corrected chi connectivity index (χ0v) is 12.7. The van der Waals surface area contributed by atoms with Crippen molar-refractivity contribution >= 4 is 12.0 Å². The van der Waals surface area contributed by atoms with Crippen molar-refractivity contribution in [2.45, 2.75) is 6.92 Å². The highest BCUT2D eigenvalue weighted by Crippen LogP contribution is 2.11. The molecule has 0 radical (unpaired) electrons. The number of hydrogen-bond donors (Lipinski definition) is 1. The van der Waals surface area contributed by atoms with Gasteiger partial charge in [-0.25, -0.2) is 9.80 Å². The molecule has 22 heavy (non-hydrogen) atoms. The number of methoxy groups -OCH3 is 1. The van der Waals surface area contributed by atoms with Gasteiger partial charge in [0.25, 0.3) is 5.56 Å². The Morgan fingerprint density at radius 2 is 2.00 bits per heavy atom. The summed E-state index contributed by atoms with van der Waals surface area (Å²) in [6.45, 7) is 2.39. The molecule has 0 aliphatic carbocycles. The summed E-state index contributed by atoms with van der Waals surface area (Å²) in [5.41, 5.74) is 0.0304. The molecule has 7 nitrogen and oxygen atoms in total. The number of nitrogens with one attached hydrogen (secondary N) is 1. The van der Waals surface area contributed by atoms with E-state index in [0.717, 1.165) is 15.9 Å². The molecule has 0 unspecified atom stereocenters. The molecule has 0 atom stereocenters. The number of ether oxygens (including phenoxy) is 1. The molecule has 2 aromatic rings. The van der Waals surface area contributed by atoms with Crippen LogP contribution in [0.25, 0.3) is 0 Å². The van der Waals surface area contributed by atoms with Gasteiger partial charge in [0.2, 0.25) is 0 Å². The Kier molecular flexibility index (Phi) is 4.77. The summed E-state index contributed by atoms with van der Waals surface area (Å²) in [5, 5.41) is 5.85. The number of hydrogen-bond acceptors (Lipinski definition) is 5. The molecule has 1 heterocycles. The first kappa shape index (κ1) is 15.6. The molecule has 2 rings (SSSR count). The maximum atomic E-state index is 11.7. The fourth-order valence-corrected chi connectivity index (χ4v) is 1.82. The van der Waals surface area contributed by atoms with E-state index in [0.29, 0.717) is 12.4 Å². The van der Waals surface area contributed by atoms with Gasteiger partial charge < -0.3 is 4.74 Å². The van der Waals surface area contributed by atoms with Gasteiger partial charge in [-0.1, -0.05) is 0 Å². The van der Waals surface area contributed by atoms with Crippen LogP contribution in [-0.4, -0.2) is 29.4 Å². The lowest BCUT2D eigenvalue weighted by atomic mass is 10.2. The van der Waals surface area contributed by atoms with Crippen molar-refractivity contribution in [2.75, 3.05) is 18.7 Å². The minimum absolute atomic E-state index is 0.361. The van der Waals surface area contributed by atoms with Crippen molar-refractivity contribution in [3.05, 3.63) is 56.7 Å². The summed E-state index contributed by atoms with van der Waals surface area (Å²) >= 11 is 0. The maximum absolute atomic E-state index is 11.7. The van der Waals surface area contributed by atoms with Gasteiger partial charge in [0.05, 0.1) is 13.3 Å². The molecular weight excluding hydrogens is 284 g/mol. The lowest BCUT2D eigenvalue weighted by Gasteiger charge is -2.16. The van der Waals surface area contributed by atoms with Gasteiger partial charge in [-0.3, -0.25) is 14.3 Å². The summed E-state index contributed by atoms with van der Waals surface area (Å²) in [6.07, 6.45) is 1.65. The Hall–Kier alpha value is -2.83. The minimum Gasteiger partial charge on any atom is -0.497 e. The summed E-state index contributed by atoms with van der Waals surface area (Å²) < 4.78 is 6.10. The zero-order valence-electron chi connectivity index (χ0n) is 12.7. The van der Waals surface area contributed by atoms with Crippen LogP contribution in [-0.2, 0) is 7.05 Å². The topological polar surface area (TPSA) is 79.7 Å². The number of H-pyrrole nitrogens is 1. The molecule has 0 aliphatic rings. The number of rotatable bonds is 5. The first-order valence-corrected chi connectivity index (χ1v) is 6.81. The van der Waals surface area contributed by atoms with Crippen LogP contribution in [0.15, 0.2) is 45.0 Å². The van der Waals surface area contributed by atoms with Crippen LogP contribution in [0.5, 0.6) is 5.75 Å². The molecule has 0 saturated heterocycles. The predicted molar refractivity (Wildman–Crippen MR) is 85.9 cm³/mol. The molecule has 0 amide bonds. The molecule has 1 N–H and O–H groups in total. The van der Waals surface area contributed by atoms with Gasteiger partial charge in [0.15, 0.2) is 0 Å². The Balaban J connectivity index is 2.26. The van der Waals surface area contributed by atoms with E-state index in [-0.39, 0.29) is 5.56 Å². The normalized spacial score (nSPS) is 10.9.